The number of halogens is 4. The van der Waals surface area contributed by atoms with Crippen LogP contribution in [0.25, 0.3) is 0 Å². The Hall–Kier alpha value is -0.000000000000000167. The second-order valence-corrected chi connectivity index (χ2v) is 7.62. The fraction of sp³-hybridized carbons (Fsp3) is 0.300. The zero-order valence-electron chi connectivity index (χ0n) is 9.30. The first-order valence-corrected chi connectivity index (χ1v) is 8.10. The molecule has 0 spiro atoms. The number of benzene rings is 1. The van der Waals surface area contributed by atoms with Gasteiger partial charge in [-0.25, -0.2) is 8.42 Å². The molecule has 1 aromatic rings. The Morgan fingerprint density at radius 1 is 1.11 bits per heavy atom. The van der Waals surface area contributed by atoms with Crippen molar-refractivity contribution >= 4 is 62.0 Å². The zero-order valence-corrected chi connectivity index (χ0v) is 13.1. The quantitative estimate of drug-likeness (QED) is 0.472. The van der Waals surface area contributed by atoms with Gasteiger partial charge in [-0.1, -0.05) is 46.4 Å². The van der Waals surface area contributed by atoms with E-state index >= 15 is 0 Å². The van der Waals surface area contributed by atoms with E-state index in [1.54, 1.807) is 0 Å². The van der Waals surface area contributed by atoms with Gasteiger partial charge in [0.05, 0.1) is 25.7 Å². The third-order valence-electron chi connectivity index (χ3n) is 2.37. The molecule has 0 bridgehead atoms. The van der Waals surface area contributed by atoms with E-state index in [-0.39, 0.29) is 25.7 Å². The van der Waals surface area contributed by atoms with E-state index in [9.17, 15) is 13.2 Å². The number of carbonyl (C=O) groups is 1. The summed E-state index contributed by atoms with van der Waals surface area (Å²) in [6, 6.07) is 1.25. The lowest BCUT2D eigenvalue weighted by atomic mass is 10.1. The molecule has 0 N–H and O–H groups in total. The molecule has 0 radical (unpaired) electrons. The summed E-state index contributed by atoms with van der Waals surface area (Å²) in [4.78, 5) is 12.0. The lowest BCUT2D eigenvalue weighted by Crippen LogP contribution is -2.26. The maximum Gasteiger partial charge on any atom is 0.183 e. The molecule has 100 valence electrons. The molecule has 0 aliphatic carbocycles. The molecule has 0 heterocycles. The highest BCUT2D eigenvalue weighted by molar-refractivity contribution is 7.92. The lowest BCUT2D eigenvalue weighted by molar-refractivity contribution is 0.0992. The van der Waals surface area contributed by atoms with Crippen LogP contribution in [0.3, 0.4) is 0 Å². The highest BCUT2D eigenvalue weighted by Gasteiger charge is 2.29. The zero-order chi connectivity index (χ0) is 14.2. The van der Waals surface area contributed by atoms with E-state index in [2.05, 4.69) is 0 Å². The molecule has 0 aliphatic heterocycles. The monoisotopic (exact) mass is 348 g/mol. The average Bonchev–Trinajstić information content (AvgIpc) is 2.23. The van der Waals surface area contributed by atoms with Crippen molar-refractivity contribution in [2.24, 2.45) is 0 Å². The second kappa shape index (κ2) is 5.55. The van der Waals surface area contributed by atoms with E-state index in [1.807, 2.05) is 0 Å². The van der Waals surface area contributed by atoms with Gasteiger partial charge >= 0.3 is 0 Å². The van der Waals surface area contributed by atoms with Crippen LogP contribution in [-0.4, -0.2) is 25.7 Å². The minimum atomic E-state index is -3.55. The highest BCUT2D eigenvalue weighted by atomic mass is 35.5. The van der Waals surface area contributed by atoms with Gasteiger partial charge in [0.1, 0.15) is 5.25 Å². The largest absolute Gasteiger partial charge is 0.293 e. The first kappa shape index (κ1) is 16.1. The van der Waals surface area contributed by atoms with Crippen molar-refractivity contribution in [2.45, 2.75) is 12.2 Å². The summed E-state index contributed by atoms with van der Waals surface area (Å²) >= 11 is 23.3. The van der Waals surface area contributed by atoms with Crippen molar-refractivity contribution in [1.29, 1.82) is 0 Å². The lowest BCUT2D eigenvalue weighted by Gasteiger charge is -2.12. The number of carbonyl (C=O) groups excluding carboxylic acids is 1. The number of ketones is 1. The fourth-order valence-electron chi connectivity index (χ4n) is 1.19. The molecule has 18 heavy (non-hydrogen) atoms. The molecule has 1 atom stereocenters. The molecule has 0 saturated carbocycles. The minimum absolute atomic E-state index is 0.0325. The number of sulfone groups is 1. The van der Waals surface area contributed by atoms with Crippen LogP contribution in [0.2, 0.25) is 20.1 Å². The van der Waals surface area contributed by atoms with Gasteiger partial charge in [-0.05, 0) is 13.0 Å². The van der Waals surface area contributed by atoms with Crippen LogP contribution < -0.4 is 0 Å². The van der Waals surface area contributed by atoms with Crippen LogP contribution in [0.5, 0.6) is 0 Å². The van der Waals surface area contributed by atoms with Gasteiger partial charge in [0.2, 0.25) is 0 Å². The van der Waals surface area contributed by atoms with E-state index in [0.29, 0.717) is 0 Å². The molecule has 1 aromatic carbocycles. The van der Waals surface area contributed by atoms with Gasteiger partial charge in [0, 0.05) is 6.26 Å². The first-order valence-electron chi connectivity index (χ1n) is 4.63. The summed E-state index contributed by atoms with van der Waals surface area (Å²) in [5, 5.41) is -1.38. The maximum atomic E-state index is 12.0. The first-order chi connectivity index (χ1) is 8.07. The number of hydrogen-bond acceptors (Lipinski definition) is 3. The highest BCUT2D eigenvalue weighted by Crippen LogP contribution is 2.38. The van der Waals surface area contributed by atoms with E-state index < -0.39 is 20.9 Å². The van der Waals surface area contributed by atoms with Gasteiger partial charge < -0.3 is 0 Å². The predicted molar refractivity (Wildman–Crippen MR) is 75.1 cm³/mol. The van der Waals surface area contributed by atoms with Crippen molar-refractivity contribution in [3.63, 3.8) is 0 Å². The molecule has 0 fully saturated rings. The Bertz CT molecular complexity index is 610. The normalized spacial score (nSPS) is 13.4. The Balaban J connectivity index is 3.44. The fourth-order valence-corrected chi connectivity index (χ4v) is 2.80. The molecule has 3 nitrogen and oxygen atoms in total. The van der Waals surface area contributed by atoms with E-state index in [4.69, 9.17) is 46.4 Å². The Morgan fingerprint density at radius 3 is 2.06 bits per heavy atom. The van der Waals surface area contributed by atoms with Crippen LogP contribution in [-0.2, 0) is 9.84 Å². The second-order valence-electron chi connectivity index (χ2n) is 3.68. The molecule has 0 amide bonds. The van der Waals surface area contributed by atoms with Crippen LogP contribution in [0.4, 0.5) is 0 Å². The smallest absolute Gasteiger partial charge is 0.183 e. The van der Waals surface area contributed by atoms with Crippen molar-refractivity contribution < 1.29 is 13.2 Å². The van der Waals surface area contributed by atoms with Crippen molar-refractivity contribution in [3.05, 3.63) is 31.7 Å². The molecule has 0 aromatic heterocycles. The topological polar surface area (TPSA) is 51.2 Å². The number of hydrogen-bond donors (Lipinski definition) is 0. The number of rotatable bonds is 3. The standard InChI is InChI=1S/C10H8Cl4O3S/c1-4(18(2,16)17)10(15)7-5(11)3-6(12)8(13)9(7)14/h3-4H,1-2H3. The van der Waals surface area contributed by atoms with Gasteiger partial charge in [-0.15, -0.1) is 0 Å². The molecule has 0 aliphatic rings. The summed E-state index contributed by atoms with van der Waals surface area (Å²) < 4.78 is 22.7. The van der Waals surface area contributed by atoms with Crippen LogP contribution >= 0.6 is 46.4 Å². The molecule has 1 rings (SSSR count). The third-order valence-corrected chi connectivity index (χ3v) is 5.43. The van der Waals surface area contributed by atoms with Crippen LogP contribution in [0, 0.1) is 0 Å². The van der Waals surface area contributed by atoms with Crippen molar-refractivity contribution in [3.8, 4) is 0 Å². The molecular formula is C10H8Cl4O3S. The van der Waals surface area contributed by atoms with Crippen molar-refractivity contribution in [1.82, 2.24) is 0 Å². The third kappa shape index (κ3) is 3.11. The minimum Gasteiger partial charge on any atom is -0.293 e. The summed E-state index contributed by atoms with van der Waals surface area (Å²) in [7, 11) is -3.55. The summed E-state index contributed by atoms with van der Waals surface area (Å²) in [6.45, 7) is 1.26. The molecular weight excluding hydrogens is 342 g/mol. The average molecular weight is 350 g/mol. The van der Waals surface area contributed by atoms with Gasteiger partial charge in [0.15, 0.2) is 15.6 Å². The predicted octanol–water partition coefficient (Wildman–Crippen LogP) is 3.92. The van der Waals surface area contributed by atoms with E-state index in [1.165, 1.54) is 13.0 Å². The maximum absolute atomic E-state index is 12.0. The molecule has 1 unspecified atom stereocenters. The van der Waals surface area contributed by atoms with Crippen molar-refractivity contribution in [2.75, 3.05) is 6.26 Å². The molecule has 8 heteroatoms. The van der Waals surface area contributed by atoms with Crippen LogP contribution in [0.15, 0.2) is 6.07 Å². The SMILES string of the molecule is CC(C(=O)c1c(Cl)cc(Cl)c(Cl)c1Cl)S(C)(=O)=O. The Labute approximate surface area is 125 Å². The van der Waals surface area contributed by atoms with Gasteiger partial charge in [0.25, 0.3) is 0 Å². The summed E-state index contributed by atoms with van der Waals surface area (Å²) in [5.74, 6) is -0.717. The summed E-state index contributed by atoms with van der Waals surface area (Å²) in [5.41, 5.74) is -0.134. The Kier molecular flexibility index (Phi) is 4.95. The summed E-state index contributed by atoms with van der Waals surface area (Å²) in [6.07, 6.45) is 0.953. The van der Waals surface area contributed by atoms with Gasteiger partial charge in [-0.2, -0.15) is 0 Å². The Morgan fingerprint density at radius 2 is 1.61 bits per heavy atom. The number of Topliss-reactive ketones (excluding diaryl/α,β-unsaturated/α-hetero) is 1. The van der Waals surface area contributed by atoms with E-state index in [0.717, 1.165) is 6.26 Å². The molecule has 0 saturated heterocycles. The van der Waals surface area contributed by atoms with Crippen LogP contribution in [0.1, 0.15) is 17.3 Å². The van der Waals surface area contributed by atoms with Gasteiger partial charge in [-0.3, -0.25) is 4.79 Å².